The molecule has 25 heavy (non-hydrogen) atoms. The van der Waals surface area contributed by atoms with Gasteiger partial charge in [-0.05, 0) is 36.4 Å². The maximum atomic E-state index is 12.7. The second-order valence-electron chi connectivity index (χ2n) is 4.89. The van der Waals surface area contributed by atoms with E-state index in [2.05, 4.69) is 10.0 Å². The van der Waals surface area contributed by atoms with Crippen LogP contribution in [0.4, 0.5) is 5.69 Å². The van der Waals surface area contributed by atoms with Gasteiger partial charge in [0.25, 0.3) is 15.9 Å². The number of carbonyl (C=O) groups excluding carboxylic acids is 1. The van der Waals surface area contributed by atoms with Gasteiger partial charge >= 0.3 is 0 Å². The number of halogens is 1. The number of hydrogen-bond donors (Lipinski definition) is 2. The molecule has 0 heterocycles. The van der Waals surface area contributed by atoms with Crippen molar-refractivity contribution in [3.8, 4) is 11.5 Å². The Morgan fingerprint density at radius 1 is 1.04 bits per heavy atom. The molecule has 2 rings (SSSR count). The summed E-state index contributed by atoms with van der Waals surface area (Å²) in [5, 5.41) is 2.74. The van der Waals surface area contributed by atoms with Gasteiger partial charge in [0, 0.05) is 17.6 Å². The normalized spacial score (nSPS) is 10.9. The van der Waals surface area contributed by atoms with Gasteiger partial charge in [-0.25, -0.2) is 8.42 Å². The van der Waals surface area contributed by atoms with Gasteiger partial charge in [0.15, 0.2) is 0 Å². The van der Waals surface area contributed by atoms with Gasteiger partial charge in [0.1, 0.15) is 16.4 Å². The van der Waals surface area contributed by atoms with E-state index in [0.29, 0.717) is 5.56 Å². The SMILES string of the molecule is CNC(=O)c1ccc(NS(=O)(=O)c2cc(Cl)ccc2OC)c(OC)c1. The Balaban J connectivity index is 2.45. The second-order valence-corrected chi connectivity index (χ2v) is 6.98. The van der Waals surface area contributed by atoms with Crippen molar-refractivity contribution in [3.63, 3.8) is 0 Å². The average molecular weight is 385 g/mol. The largest absolute Gasteiger partial charge is 0.495 e. The summed E-state index contributed by atoms with van der Waals surface area (Å²) in [5.41, 5.74) is 0.514. The summed E-state index contributed by atoms with van der Waals surface area (Å²) in [6.07, 6.45) is 0. The molecule has 0 aliphatic carbocycles. The molecule has 1 amide bonds. The molecule has 0 unspecified atom stereocenters. The minimum absolute atomic E-state index is 0.111. The molecule has 0 aliphatic rings. The molecule has 0 saturated heterocycles. The number of carbonyl (C=O) groups is 1. The Kier molecular flexibility index (Phi) is 5.76. The Morgan fingerprint density at radius 2 is 1.72 bits per heavy atom. The van der Waals surface area contributed by atoms with Crippen LogP contribution in [0.1, 0.15) is 10.4 Å². The van der Waals surface area contributed by atoms with Crippen molar-refractivity contribution < 1.29 is 22.7 Å². The summed E-state index contributed by atoms with van der Waals surface area (Å²) >= 11 is 5.90. The third-order valence-electron chi connectivity index (χ3n) is 3.35. The highest BCUT2D eigenvalue weighted by Gasteiger charge is 2.22. The molecule has 0 atom stereocenters. The number of sulfonamides is 1. The second kappa shape index (κ2) is 7.62. The number of rotatable bonds is 6. The van der Waals surface area contributed by atoms with E-state index in [9.17, 15) is 13.2 Å². The predicted molar refractivity (Wildman–Crippen MR) is 95.2 cm³/mol. The highest BCUT2D eigenvalue weighted by Crippen LogP contribution is 2.32. The van der Waals surface area contributed by atoms with E-state index in [1.807, 2.05) is 0 Å². The predicted octanol–water partition coefficient (Wildman–Crippen LogP) is 2.52. The number of benzene rings is 2. The Labute approximate surface area is 151 Å². The molecule has 9 heteroatoms. The lowest BCUT2D eigenvalue weighted by molar-refractivity contribution is 0.0963. The lowest BCUT2D eigenvalue weighted by atomic mass is 10.2. The molecule has 134 valence electrons. The van der Waals surface area contributed by atoms with Crippen molar-refractivity contribution in [2.24, 2.45) is 0 Å². The molecule has 2 N–H and O–H groups in total. The third-order valence-corrected chi connectivity index (χ3v) is 4.97. The summed E-state index contributed by atoms with van der Waals surface area (Å²) in [5.74, 6) is 0.0349. The van der Waals surface area contributed by atoms with Crippen LogP contribution in [0.3, 0.4) is 0 Å². The monoisotopic (exact) mass is 384 g/mol. The fourth-order valence-electron chi connectivity index (χ4n) is 2.12. The maximum absolute atomic E-state index is 12.7. The van der Waals surface area contributed by atoms with Crippen LogP contribution in [0.2, 0.25) is 5.02 Å². The molecule has 0 aliphatic heterocycles. The zero-order valence-electron chi connectivity index (χ0n) is 13.8. The molecule has 0 saturated carbocycles. The van der Waals surface area contributed by atoms with Crippen LogP contribution in [-0.2, 0) is 10.0 Å². The van der Waals surface area contributed by atoms with Gasteiger partial charge in [0.05, 0.1) is 19.9 Å². The third kappa shape index (κ3) is 4.15. The van der Waals surface area contributed by atoms with Gasteiger partial charge in [-0.3, -0.25) is 9.52 Å². The van der Waals surface area contributed by atoms with Gasteiger partial charge in [-0.1, -0.05) is 11.6 Å². The Bertz CT molecular complexity index is 899. The van der Waals surface area contributed by atoms with Gasteiger partial charge in [-0.2, -0.15) is 0 Å². The van der Waals surface area contributed by atoms with Crippen molar-refractivity contribution in [2.75, 3.05) is 26.0 Å². The first-order valence-corrected chi connectivity index (χ1v) is 8.95. The van der Waals surface area contributed by atoms with E-state index in [1.54, 1.807) is 0 Å². The number of ether oxygens (including phenoxy) is 2. The zero-order chi connectivity index (χ0) is 18.6. The van der Waals surface area contributed by atoms with Crippen molar-refractivity contribution >= 4 is 33.2 Å². The number of amides is 1. The summed E-state index contributed by atoms with van der Waals surface area (Å²) in [4.78, 5) is 11.6. The van der Waals surface area contributed by atoms with Crippen molar-refractivity contribution in [1.29, 1.82) is 0 Å². The van der Waals surface area contributed by atoms with Crippen LogP contribution in [0, 0.1) is 0 Å². The fraction of sp³-hybridized carbons (Fsp3) is 0.188. The van der Waals surface area contributed by atoms with Gasteiger partial charge in [0.2, 0.25) is 0 Å². The fourth-order valence-corrected chi connectivity index (χ4v) is 3.62. The minimum atomic E-state index is -3.99. The van der Waals surface area contributed by atoms with Crippen molar-refractivity contribution in [2.45, 2.75) is 4.90 Å². The summed E-state index contributed by atoms with van der Waals surface area (Å²) in [6, 6.07) is 8.63. The average Bonchev–Trinajstić information content (AvgIpc) is 2.61. The smallest absolute Gasteiger partial charge is 0.265 e. The summed E-state index contributed by atoms with van der Waals surface area (Å²) < 4.78 is 38.1. The molecule has 7 nitrogen and oxygen atoms in total. The highest BCUT2D eigenvalue weighted by molar-refractivity contribution is 7.92. The Hall–Kier alpha value is -2.45. The van der Waals surface area contributed by atoms with Crippen LogP contribution in [0.15, 0.2) is 41.3 Å². The van der Waals surface area contributed by atoms with Gasteiger partial charge < -0.3 is 14.8 Å². The van der Waals surface area contributed by atoms with Crippen molar-refractivity contribution in [1.82, 2.24) is 5.32 Å². The van der Waals surface area contributed by atoms with E-state index in [1.165, 1.54) is 57.7 Å². The molecular formula is C16H17ClN2O5S. The molecule has 2 aromatic rings. The number of anilines is 1. The van der Waals surface area contributed by atoms with Crippen LogP contribution in [0.25, 0.3) is 0 Å². The van der Waals surface area contributed by atoms with E-state index in [4.69, 9.17) is 21.1 Å². The lowest BCUT2D eigenvalue weighted by Gasteiger charge is -2.15. The van der Waals surface area contributed by atoms with Gasteiger partial charge in [-0.15, -0.1) is 0 Å². The minimum Gasteiger partial charge on any atom is -0.495 e. The van der Waals surface area contributed by atoms with E-state index in [-0.39, 0.29) is 33.0 Å². The zero-order valence-corrected chi connectivity index (χ0v) is 15.4. The van der Waals surface area contributed by atoms with E-state index >= 15 is 0 Å². The molecular weight excluding hydrogens is 368 g/mol. The van der Waals surface area contributed by atoms with Crippen molar-refractivity contribution in [3.05, 3.63) is 47.0 Å². The highest BCUT2D eigenvalue weighted by atomic mass is 35.5. The van der Waals surface area contributed by atoms with E-state index < -0.39 is 10.0 Å². The summed E-state index contributed by atoms with van der Waals surface area (Å²) in [7, 11) is 0.245. The molecule has 2 aromatic carbocycles. The maximum Gasteiger partial charge on any atom is 0.265 e. The molecule has 0 spiro atoms. The molecule has 0 aromatic heterocycles. The summed E-state index contributed by atoms with van der Waals surface area (Å²) in [6.45, 7) is 0. The first kappa shape index (κ1) is 18.9. The molecule has 0 fully saturated rings. The Morgan fingerprint density at radius 3 is 2.32 bits per heavy atom. The first-order chi connectivity index (χ1) is 11.8. The van der Waals surface area contributed by atoms with E-state index in [0.717, 1.165) is 0 Å². The standard InChI is InChI=1S/C16H17ClN2O5S/c1-18-16(20)10-4-6-12(14(8-10)24-3)19-25(21,22)15-9-11(17)5-7-13(15)23-2/h4-9,19H,1-3H3,(H,18,20). The number of hydrogen-bond acceptors (Lipinski definition) is 5. The van der Waals surface area contributed by atoms with Crippen LogP contribution < -0.4 is 19.5 Å². The van der Waals surface area contributed by atoms with Crippen LogP contribution in [-0.4, -0.2) is 35.6 Å². The molecule has 0 radical (unpaired) electrons. The first-order valence-electron chi connectivity index (χ1n) is 7.09. The lowest BCUT2D eigenvalue weighted by Crippen LogP contribution is -2.18. The van der Waals surface area contributed by atoms with Crippen LogP contribution in [0.5, 0.6) is 11.5 Å². The quantitative estimate of drug-likeness (QED) is 0.798. The van der Waals surface area contributed by atoms with Crippen LogP contribution >= 0.6 is 11.6 Å². The number of nitrogens with one attached hydrogen (secondary N) is 2. The topological polar surface area (TPSA) is 93.7 Å². The molecule has 0 bridgehead atoms. The number of methoxy groups -OCH3 is 2.